The van der Waals surface area contributed by atoms with Gasteiger partial charge < -0.3 is 5.32 Å². The lowest BCUT2D eigenvalue weighted by atomic mass is 10.00. The highest BCUT2D eigenvalue weighted by Crippen LogP contribution is 2.22. The molecule has 0 bridgehead atoms. The molecule has 5 heteroatoms. The molecule has 0 unspecified atom stereocenters. The van der Waals surface area contributed by atoms with Crippen molar-refractivity contribution in [1.29, 1.82) is 0 Å². The molecule has 0 amide bonds. The van der Waals surface area contributed by atoms with Crippen LogP contribution in [0.1, 0.15) is 17.5 Å². The lowest BCUT2D eigenvalue weighted by Crippen LogP contribution is -2.24. The Morgan fingerprint density at radius 1 is 1.41 bits per heavy atom. The van der Waals surface area contributed by atoms with Gasteiger partial charge in [-0.25, -0.2) is 13.1 Å². The van der Waals surface area contributed by atoms with Gasteiger partial charge in [0, 0.05) is 18.8 Å². The van der Waals surface area contributed by atoms with Crippen LogP contribution in [0.5, 0.6) is 0 Å². The molecule has 0 atom stereocenters. The third kappa shape index (κ3) is 3.71. The topological polar surface area (TPSA) is 58.2 Å². The van der Waals surface area contributed by atoms with Crippen molar-refractivity contribution in [2.24, 2.45) is 0 Å². The number of hydrogen-bond acceptors (Lipinski definition) is 3. The summed E-state index contributed by atoms with van der Waals surface area (Å²) < 4.78 is 24.4. The van der Waals surface area contributed by atoms with Crippen molar-refractivity contribution in [2.75, 3.05) is 24.7 Å². The first-order valence-corrected chi connectivity index (χ1v) is 7.74. The summed E-state index contributed by atoms with van der Waals surface area (Å²) in [4.78, 5) is 0. The number of nitrogens with one attached hydrogen (secondary N) is 2. The van der Waals surface area contributed by atoms with Crippen molar-refractivity contribution >= 4 is 15.7 Å². The van der Waals surface area contributed by atoms with Crippen LogP contribution < -0.4 is 10.0 Å². The molecule has 17 heavy (non-hydrogen) atoms. The van der Waals surface area contributed by atoms with Crippen molar-refractivity contribution in [1.82, 2.24) is 4.72 Å². The molecule has 0 saturated heterocycles. The zero-order valence-electron chi connectivity index (χ0n) is 9.99. The lowest BCUT2D eigenvalue weighted by Gasteiger charge is -2.18. The molecule has 0 radical (unpaired) electrons. The van der Waals surface area contributed by atoms with E-state index in [9.17, 15) is 8.42 Å². The molecular formula is C12H18N2O2S. The zero-order chi connectivity index (χ0) is 12.3. The first-order chi connectivity index (χ1) is 8.04. The smallest absolute Gasteiger partial charge is 0.208 e. The van der Waals surface area contributed by atoms with E-state index in [1.807, 2.05) is 0 Å². The zero-order valence-corrected chi connectivity index (χ0v) is 10.8. The Labute approximate surface area is 102 Å². The maximum absolute atomic E-state index is 10.9. The average molecular weight is 254 g/mol. The SMILES string of the molecule is CS(=O)(=O)NCCc1ccc2c(c1)CCCN2. The van der Waals surface area contributed by atoms with Gasteiger partial charge in [0.1, 0.15) is 0 Å². The van der Waals surface area contributed by atoms with Gasteiger partial charge in [-0.05, 0) is 36.5 Å². The van der Waals surface area contributed by atoms with Gasteiger partial charge in [-0.3, -0.25) is 0 Å². The van der Waals surface area contributed by atoms with E-state index < -0.39 is 10.0 Å². The monoisotopic (exact) mass is 254 g/mol. The van der Waals surface area contributed by atoms with Crippen molar-refractivity contribution in [3.8, 4) is 0 Å². The second kappa shape index (κ2) is 5.06. The van der Waals surface area contributed by atoms with Crippen LogP contribution >= 0.6 is 0 Å². The molecule has 0 aliphatic carbocycles. The Bertz CT molecular complexity index is 497. The molecule has 1 heterocycles. The normalized spacial score (nSPS) is 15.1. The maximum Gasteiger partial charge on any atom is 0.208 e. The van der Waals surface area contributed by atoms with Crippen LogP contribution in [-0.4, -0.2) is 27.8 Å². The van der Waals surface area contributed by atoms with Crippen molar-refractivity contribution in [3.05, 3.63) is 29.3 Å². The Balaban J connectivity index is 1.98. The number of fused-ring (bicyclic) bond motifs is 1. The number of rotatable bonds is 4. The molecule has 0 fully saturated rings. The molecule has 1 aromatic rings. The minimum absolute atomic E-state index is 0.463. The predicted molar refractivity (Wildman–Crippen MR) is 69.8 cm³/mol. The minimum atomic E-state index is -3.07. The molecule has 0 spiro atoms. The largest absolute Gasteiger partial charge is 0.385 e. The van der Waals surface area contributed by atoms with E-state index in [4.69, 9.17) is 0 Å². The first kappa shape index (κ1) is 12.4. The summed E-state index contributed by atoms with van der Waals surface area (Å²) >= 11 is 0. The summed E-state index contributed by atoms with van der Waals surface area (Å²) in [5, 5.41) is 3.36. The summed E-state index contributed by atoms with van der Waals surface area (Å²) in [7, 11) is -3.07. The molecule has 0 aromatic heterocycles. The molecule has 1 aliphatic rings. The number of aryl methyl sites for hydroxylation is 1. The van der Waals surface area contributed by atoms with Crippen LogP contribution in [-0.2, 0) is 22.9 Å². The van der Waals surface area contributed by atoms with Crippen molar-refractivity contribution in [3.63, 3.8) is 0 Å². The third-order valence-corrected chi connectivity index (χ3v) is 3.61. The average Bonchev–Trinajstić information content (AvgIpc) is 2.27. The molecule has 2 N–H and O–H groups in total. The van der Waals surface area contributed by atoms with E-state index in [2.05, 4.69) is 28.2 Å². The highest BCUT2D eigenvalue weighted by Gasteiger charge is 2.08. The number of hydrogen-bond donors (Lipinski definition) is 2. The summed E-state index contributed by atoms with van der Waals surface area (Å²) in [6.07, 6.45) is 4.19. The fourth-order valence-corrected chi connectivity index (χ4v) is 2.54. The summed E-state index contributed by atoms with van der Waals surface area (Å²) in [5.74, 6) is 0. The van der Waals surface area contributed by atoms with Gasteiger partial charge >= 0.3 is 0 Å². The van der Waals surface area contributed by atoms with Crippen molar-refractivity contribution in [2.45, 2.75) is 19.3 Å². The summed E-state index contributed by atoms with van der Waals surface area (Å²) in [6, 6.07) is 6.32. The molecule has 94 valence electrons. The second-order valence-corrected chi connectivity index (χ2v) is 6.27. The third-order valence-electron chi connectivity index (χ3n) is 2.89. The number of anilines is 1. The summed E-state index contributed by atoms with van der Waals surface area (Å²) in [5.41, 5.74) is 3.74. The molecule has 4 nitrogen and oxygen atoms in total. The summed E-state index contributed by atoms with van der Waals surface area (Å²) in [6.45, 7) is 1.51. The highest BCUT2D eigenvalue weighted by molar-refractivity contribution is 7.88. The Hall–Kier alpha value is -1.07. The predicted octanol–water partition coefficient (Wildman–Crippen LogP) is 1.14. The Morgan fingerprint density at radius 2 is 2.24 bits per heavy atom. The van der Waals surface area contributed by atoms with Crippen LogP contribution in [0.3, 0.4) is 0 Å². The second-order valence-electron chi connectivity index (χ2n) is 4.44. The molecule has 2 rings (SSSR count). The van der Waals surface area contributed by atoms with E-state index in [-0.39, 0.29) is 0 Å². The Morgan fingerprint density at radius 3 is 3.00 bits per heavy atom. The maximum atomic E-state index is 10.9. The van der Waals surface area contributed by atoms with E-state index in [1.54, 1.807) is 0 Å². The van der Waals surface area contributed by atoms with Crippen LogP contribution in [0.25, 0.3) is 0 Å². The fraction of sp³-hybridized carbons (Fsp3) is 0.500. The molecular weight excluding hydrogens is 236 g/mol. The standard InChI is InChI=1S/C12H18N2O2S/c1-17(15,16)14-8-6-10-4-5-12-11(9-10)3-2-7-13-12/h4-5,9,13-14H,2-3,6-8H2,1H3. The van der Waals surface area contributed by atoms with Gasteiger partial charge in [-0.1, -0.05) is 12.1 Å². The Kier molecular flexibility index (Phi) is 3.69. The molecule has 0 saturated carbocycles. The molecule has 1 aromatic carbocycles. The quantitative estimate of drug-likeness (QED) is 0.847. The number of benzene rings is 1. The van der Waals surface area contributed by atoms with Crippen LogP contribution in [0.4, 0.5) is 5.69 Å². The van der Waals surface area contributed by atoms with Gasteiger partial charge in [-0.2, -0.15) is 0 Å². The van der Waals surface area contributed by atoms with E-state index in [0.29, 0.717) is 6.54 Å². The van der Waals surface area contributed by atoms with E-state index in [0.717, 1.165) is 25.8 Å². The van der Waals surface area contributed by atoms with E-state index in [1.165, 1.54) is 23.1 Å². The van der Waals surface area contributed by atoms with Gasteiger partial charge in [-0.15, -0.1) is 0 Å². The van der Waals surface area contributed by atoms with Crippen molar-refractivity contribution < 1.29 is 8.42 Å². The van der Waals surface area contributed by atoms with Crippen LogP contribution in [0.2, 0.25) is 0 Å². The van der Waals surface area contributed by atoms with Gasteiger partial charge in [0.15, 0.2) is 0 Å². The first-order valence-electron chi connectivity index (χ1n) is 5.85. The van der Waals surface area contributed by atoms with Gasteiger partial charge in [0.2, 0.25) is 10.0 Å². The lowest BCUT2D eigenvalue weighted by molar-refractivity contribution is 0.588. The van der Waals surface area contributed by atoms with Crippen LogP contribution in [0.15, 0.2) is 18.2 Å². The van der Waals surface area contributed by atoms with Gasteiger partial charge in [0.05, 0.1) is 6.26 Å². The minimum Gasteiger partial charge on any atom is -0.385 e. The van der Waals surface area contributed by atoms with Crippen LogP contribution in [0, 0.1) is 0 Å². The number of sulfonamides is 1. The van der Waals surface area contributed by atoms with Gasteiger partial charge in [0.25, 0.3) is 0 Å². The fourth-order valence-electron chi connectivity index (χ4n) is 2.06. The van der Waals surface area contributed by atoms with E-state index >= 15 is 0 Å². The molecule has 1 aliphatic heterocycles. The highest BCUT2D eigenvalue weighted by atomic mass is 32.2.